The molecule has 1 aromatic heterocycles. The van der Waals surface area contributed by atoms with E-state index < -0.39 is 6.09 Å². The first-order chi connectivity index (χ1) is 15.7. The topological polar surface area (TPSA) is 77.2 Å². The summed E-state index contributed by atoms with van der Waals surface area (Å²) in [5.74, 6) is 0.561. The molecular weight excluding hydrogens is 398 g/mol. The predicted molar refractivity (Wildman–Crippen MR) is 128 cm³/mol. The summed E-state index contributed by atoms with van der Waals surface area (Å²) in [5.41, 5.74) is 11.7. The molecule has 5 rings (SSSR count). The summed E-state index contributed by atoms with van der Waals surface area (Å²) in [6, 6.07) is 24.4. The van der Waals surface area contributed by atoms with Gasteiger partial charge in [0.25, 0.3) is 0 Å². The van der Waals surface area contributed by atoms with E-state index >= 15 is 0 Å². The van der Waals surface area contributed by atoms with E-state index in [1.807, 2.05) is 60.7 Å². The van der Waals surface area contributed by atoms with Crippen molar-refractivity contribution in [3.8, 4) is 11.1 Å². The lowest BCUT2D eigenvalue weighted by atomic mass is 9.98. The van der Waals surface area contributed by atoms with Gasteiger partial charge in [0.05, 0.1) is 0 Å². The van der Waals surface area contributed by atoms with E-state index in [1.54, 1.807) is 6.20 Å². The maximum Gasteiger partial charge on any atom is 0.407 e. The second-order valence-corrected chi connectivity index (χ2v) is 7.75. The fraction of sp³-hybridized carbons (Fsp3) is 0.111. The van der Waals surface area contributed by atoms with Crippen molar-refractivity contribution >= 4 is 28.8 Å². The molecule has 0 saturated carbocycles. The van der Waals surface area contributed by atoms with Crippen LogP contribution >= 0.6 is 0 Å². The number of benzene rings is 3. The molecule has 158 valence electrons. The third-order valence-corrected chi connectivity index (χ3v) is 5.86. The van der Waals surface area contributed by atoms with Gasteiger partial charge in [-0.25, -0.2) is 9.78 Å². The number of hydrogen-bond acceptors (Lipinski definition) is 4. The van der Waals surface area contributed by atoms with Crippen LogP contribution in [0.1, 0.15) is 22.6 Å². The SMILES string of the molecule is Nc1ncc(C=CCNC(=O)OCC2c3ccccc3-c3ccccc32)c2ccccc12. The zero-order chi connectivity index (χ0) is 21.9. The van der Waals surface area contributed by atoms with Gasteiger partial charge in [-0.2, -0.15) is 0 Å². The Balaban J connectivity index is 1.20. The minimum absolute atomic E-state index is 0.0518. The lowest BCUT2D eigenvalue weighted by Crippen LogP contribution is -2.26. The summed E-state index contributed by atoms with van der Waals surface area (Å²) in [6.45, 7) is 0.658. The lowest BCUT2D eigenvalue weighted by Gasteiger charge is -2.14. The second kappa shape index (κ2) is 8.55. The normalized spacial score (nSPS) is 12.6. The van der Waals surface area contributed by atoms with Crippen molar-refractivity contribution in [3.63, 3.8) is 0 Å². The molecule has 0 spiro atoms. The minimum Gasteiger partial charge on any atom is -0.449 e. The van der Waals surface area contributed by atoms with Gasteiger partial charge in [0.1, 0.15) is 12.4 Å². The molecule has 3 N–H and O–H groups in total. The Kier molecular flexibility index (Phi) is 5.30. The highest BCUT2D eigenvalue weighted by molar-refractivity contribution is 5.96. The van der Waals surface area contributed by atoms with Gasteiger partial charge in [-0.1, -0.05) is 84.9 Å². The van der Waals surface area contributed by atoms with Crippen LogP contribution in [-0.2, 0) is 4.74 Å². The van der Waals surface area contributed by atoms with E-state index in [0.717, 1.165) is 16.3 Å². The molecule has 1 aliphatic carbocycles. The Bertz CT molecular complexity index is 1280. The second-order valence-electron chi connectivity index (χ2n) is 7.75. The molecule has 0 aliphatic heterocycles. The molecular formula is C27H23N3O2. The molecule has 0 atom stereocenters. The average Bonchev–Trinajstić information content (AvgIpc) is 3.16. The Morgan fingerprint density at radius 3 is 2.28 bits per heavy atom. The smallest absolute Gasteiger partial charge is 0.407 e. The highest BCUT2D eigenvalue weighted by atomic mass is 16.5. The van der Waals surface area contributed by atoms with E-state index in [-0.39, 0.29) is 5.92 Å². The number of amides is 1. The summed E-state index contributed by atoms with van der Waals surface area (Å²) in [7, 11) is 0. The quantitative estimate of drug-likeness (QED) is 0.454. The Morgan fingerprint density at radius 1 is 0.938 bits per heavy atom. The number of carbonyl (C=O) groups excluding carboxylic acids is 1. The lowest BCUT2D eigenvalue weighted by molar-refractivity contribution is 0.144. The van der Waals surface area contributed by atoms with Crippen molar-refractivity contribution in [2.24, 2.45) is 0 Å². The van der Waals surface area contributed by atoms with E-state index in [2.05, 4.69) is 34.6 Å². The highest BCUT2D eigenvalue weighted by Gasteiger charge is 2.28. The van der Waals surface area contributed by atoms with Gasteiger partial charge >= 0.3 is 6.09 Å². The van der Waals surface area contributed by atoms with Gasteiger partial charge in [0.15, 0.2) is 0 Å². The zero-order valence-corrected chi connectivity index (χ0v) is 17.5. The van der Waals surface area contributed by atoms with Gasteiger partial charge in [-0.05, 0) is 27.6 Å². The summed E-state index contributed by atoms with van der Waals surface area (Å²) >= 11 is 0. The number of ether oxygens (including phenoxy) is 1. The van der Waals surface area contributed by atoms with Crippen LogP contribution in [0.4, 0.5) is 10.6 Å². The molecule has 1 aliphatic rings. The van der Waals surface area contributed by atoms with Crippen molar-refractivity contribution in [2.45, 2.75) is 5.92 Å². The molecule has 0 saturated heterocycles. The van der Waals surface area contributed by atoms with Crippen molar-refractivity contribution < 1.29 is 9.53 Å². The van der Waals surface area contributed by atoms with Gasteiger partial charge < -0.3 is 15.8 Å². The Hall–Kier alpha value is -4.12. The summed E-state index contributed by atoms with van der Waals surface area (Å²) in [4.78, 5) is 16.5. The molecule has 0 bridgehead atoms. The van der Waals surface area contributed by atoms with Crippen molar-refractivity contribution in [1.29, 1.82) is 0 Å². The highest BCUT2D eigenvalue weighted by Crippen LogP contribution is 2.44. The number of alkyl carbamates (subject to hydrolysis) is 1. The molecule has 3 aromatic carbocycles. The third-order valence-electron chi connectivity index (χ3n) is 5.86. The van der Waals surface area contributed by atoms with Gasteiger partial charge in [-0.3, -0.25) is 0 Å². The Morgan fingerprint density at radius 2 is 1.56 bits per heavy atom. The largest absolute Gasteiger partial charge is 0.449 e. The number of rotatable bonds is 5. The molecule has 5 heteroatoms. The van der Waals surface area contributed by atoms with Crippen LogP contribution in [0.15, 0.2) is 85.1 Å². The minimum atomic E-state index is -0.434. The van der Waals surface area contributed by atoms with Crippen LogP contribution in [-0.4, -0.2) is 24.2 Å². The molecule has 0 unspecified atom stereocenters. The fourth-order valence-corrected chi connectivity index (χ4v) is 4.35. The number of pyridine rings is 1. The van der Waals surface area contributed by atoms with Crippen molar-refractivity contribution in [3.05, 3.63) is 102 Å². The van der Waals surface area contributed by atoms with Gasteiger partial charge in [0.2, 0.25) is 0 Å². The number of nitrogen functional groups attached to an aromatic ring is 1. The van der Waals surface area contributed by atoms with Crippen LogP contribution in [0.5, 0.6) is 0 Å². The molecule has 32 heavy (non-hydrogen) atoms. The summed E-state index contributed by atoms with van der Waals surface area (Å²) in [5, 5.41) is 4.73. The predicted octanol–water partition coefficient (Wildman–Crippen LogP) is 5.37. The molecule has 1 heterocycles. The molecule has 0 fully saturated rings. The fourth-order valence-electron chi connectivity index (χ4n) is 4.35. The standard InChI is InChI=1S/C27H23N3O2/c28-26-24-14-6-1-9-19(24)18(16-30-26)8-7-15-29-27(31)32-17-25-22-12-4-2-10-20(22)21-11-3-5-13-23(21)25/h1-14,16,25H,15,17H2,(H2,28,30)(H,29,31). The Labute approximate surface area is 186 Å². The first kappa shape index (κ1) is 19.8. The van der Waals surface area contributed by atoms with Crippen LogP contribution in [0.2, 0.25) is 0 Å². The number of hydrogen-bond donors (Lipinski definition) is 2. The first-order valence-corrected chi connectivity index (χ1v) is 10.6. The van der Waals surface area contributed by atoms with Crippen LogP contribution in [0.3, 0.4) is 0 Å². The van der Waals surface area contributed by atoms with E-state index in [1.165, 1.54) is 22.3 Å². The monoisotopic (exact) mass is 421 g/mol. The number of fused-ring (bicyclic) bond motifs is 4. The molecule has 1 amide bonds. The van der Waals surface area contributed by atoms with E-state index in [4.69, 9.17) is 10.5 Å². The van der Waals surface area contributed by atoms with Gasteiger partial charge in [-0.15, -0.1) is 0 Å². The van der Waals surface area contributed by atoms with E-state index in [0.29, 0.717) is 19.0 Å². The number of aromatic nitrogens is 1. The number of nitrogens with zero attached hydrogens (tertiary/aromatic N) is 1. The van der Waals surface area contributed by atoms with Crippen LogP contribution < -0.4 is 11.1 Å². The number of nitrogens with two attached hydrogens (primary N) is 1. The van der Waals surface area contributed by atoms with Gasteiger partial charge in [0, 0.05) is 29.6 Å². The molecule has 5 nitrogen and oxygen atoms in total. The van der Waals surface area contributed by atoms with Crippen LogP contribution in [0.25, 0.3) is 28.0 Å². The van der Waals surface area contributed by atoms with Crippen molar-refractivity contribution in [1.82, 2.24) is 10.3 Å². The first-order valence-electron chi connectivity index (χ1n) is 10.6. The third kappa shape index (κ3) is 3.69. The molecule has 4 aromatic rings. The molecule has 0 radical (unpaired) electrons. The zero-order valence-electron chi connectivity index (χ0n) is 17.5. The number of nitrogens with one attached hydrogen (secondary N) is 1. The average molecular weight is 422 g/mol. The van der Waals surface area contributed by atoms with Crippen LogP contribution in [0, 0.1) is 0 Å². The van der Waals surface area contributed by atoms with E-state index in [9.17, 15) is 4.79 Å². The summed E-state index contributed by atoms with van der Waals surface area (Å²) in [6.07, 6.45) is 5.11. The maximum atomic E-state index is 12.3. The maximum absolute atomic E-state index is 12.3. The number of anilines is 1. The van der Waals surface area contributed by atoms with Crippen molar-refractivity contribution in [2.75, 3.05) is 18.9 Å². The summed E-state index contributed by atoms with van der Waals surface area (Å²) < 4.78 is 5.57. The number of carbonyl (C=O) groups is 1.